The molecule has 2 atom stereocenters. The van der Waals surface area contributed by atoms with Crippen LogP contribution in [-0.2, 0) is 9.53 Å². The van der Waals surface area contributed by atoms with Crippen molar-refractivity contribution in [3.63, 3.8) is 0 Å². The molecule has 1 fully saturated rings. The largest absolute Gasteiger partial charge is 0.491 e. The molecule has 3 rings (SSSR count). The van der Waals surface area contributed by atoms with Gasteiger partial charge in [0.15, 0.2) is 0 Å². The predicted octanol–water partition coefficient (Wildman–Crippen LogP) is 3.30. The van der Waals surface area contributed by atoms with Crippen molar-refractivity contribution in [2.45, 2.75) is 13.0 Å². The Balaban J connectivity index is 1.41. The van der Waals surface area contributed by atoms with Crippen molar-refractivity contribution in [3.05, 3.63) is 66.2 Å². The molecule has 0 N–H and O–H groups in total. The normalized spacial score (nSPS) is 19.6. The summed E-state index contributed by atoms with van der Waals surface area (Å²) in [5, 5.41) is 0. The number of ether oxygens (including phenoxy) is 2. The molecule has 0 saturated carbocycles. The zero-order valence-corrected chi connectivity index (χ0v) is 13.9. The number of rotatable bonds is 7. The first-order chi connectivity index (χ1) is 11.8. The molecule has 4 heteroatoms. The number of benzene rings is 2. The highest BCUT2D eigenvalue weighted by Crippen LogP contribution is 2.38. The summed E-state index contributed by atoms with van der Waals surface area (Å²) in [6.07, 6.45) is 0. The van der Waals surface area contributed by atoms with E-state index < -0.39 is 0 Å². The molecular formula is C20H23NO3. The molecule has 2 aromatic rings. The molecule has 1 saturated heterocycles. The van der Waals surface area contributed by atoms with Gasteiger partial charge in [0.1, 0.15) is 19.0 Å². The highest BCUT2D eigenvalue weighted by atomic mass is 16.5. The molecule has 1 heterocycles. The molecule has 0 aromatic heterocycles. The molecule has 0 unspecified atom stereocenters. The number of likely N-dealkylation sites (tertiary alicyclic amines) is 1. The Hall–Kier alpha value is -2.33. The van der Waals surface area contributed by atoms with Crippen molar-refractivity contribution in [1.29, 1.82) is 0 Å². The van der Waals surface area contributed by atoms with Crippen LogP contribution < -0.4 is 4.74 Å². The van der Waals surface area contributed by atoms with Gasteiger partial charge in [-0.2, -0.15) is 0 Å². The van der Waals surface area contributed by atoms with Gasteiger partial charge in [0.25, 0.3) is 0 Å². The van der Waals surface area contributed by atoms with E-state index in [0.29, 0.717) is 19.1 Å². The molecular weight excluding hydrogens is 302 g/mol. The molecule has 126 valence electrons. The van der Waals surface area contributed by atoms with Crippen LogP contribution in [0.15, 0.2) is 60.7 Å². The third-order valence-electron chi connectivity index (χ3n) is 4.29. The van der Waals surface area contributed by atoms with Gasteiger partial charge >= 0.3 is 0 Å². The lowest BCUT2D eigenvalue weighted by atomic mass is 9.85. The van der Waals surface area contributed by atoms with Crippen molar-refractivity contribution in [2.75, 3.05) is 26.4 Å². The first-order valence-electron chi connectivity index (χ1n) is 8.35. The number of hydrogen-bond donors (Lipinski definition) is 0. The van der Waals surface area contributed by atoms with Crippen LogP contribution >= 0.6 is 0 Å². The van der Waals surface area contributed by atoms with E-state index in [4.69, 9.17) is 9.47 Å². The SMILES string of the molecule is C[C@H]1CN(C(=O)COCCOc2ccccc2)[C@@H]1c1ccccc1. The minimum Gasteiger partial charge on any atom is -0.491 e. The Labute approximate surface area is 143 Å². The van der Waals surface area contributed by atoms with E-state index in [2.05, 4.69) is 19.1 Å². The van der Waals surface area contributed by atoms with Gasteiger partial charge in [-0.25, -0.2) is 0 Å². The van der Waals surface area contributed by atoms with Crippen LogP contribution in [0, 0.1) is 5.92 Å². The van der Waals surface area contributed by atoms with Gasteiger partial charge in [-0.15, -0.1) is 0 Å². The molecule has 2 aromatic carbocycles. The molecule has 0 spiro atoms. The quantitative estimate of drug-likeness (QED) is 0.733. The van der Waals surface area contributed by atoms with E-state index in [0.717, 1.165) is 12.3 Å². The van der Waals surface area contributed by atoms with Crippen LogP contribution in [0.25, 0.3) is 0 Å². The summed E-state index contributed by atoms with van der Waals surface area (Å²) in [6, 6.07) is 19.9. The van der Waals surface area contributed by atoms with Gasteiger partial charge < -0.3 is 14.4 Å². The van der Waals surface area contributed by atoms with Crippen LogP contribution in [-0.4, -0.2) is 37.2 Å². The van der Waals surface area contributed by atoms with Crippen LogP contribution in [0.2, 0.25) is 0 Å². The van der Waals surface area contributed by atoms with Crippen LogP contribution in [0.3, 0.4) is 0 Å². The Morgan fingerprint density at radius 1 is 1.04 bits per heavy atom. The average Bonchev–Trinajstić information content (AvgIpc) is 2.61. The Morgan fingerprint density at radius 2 is 1.71 bits per heavy atom. The minimum absolute atomic E-state index is 0.0432. The summed E-state index contributed by atoms with van der Waals surface area (Å²) in [4.78, 5) is 14.2. The smallest absolute Gasteiger partial charge is 0.249 e. The van der Waals surface area contributed by atoms with E-state index in [1.54, 1.807) is 0 Å². The number of carbonyl (C=O) groups excluding carboxylic acids is 1. The lowest BCUT2D eigenvalue weighted by molar-refractivity contribution is -0.148. The standard InChI is InChI=1S/C20H23NO3/c1-16-14-21(20(16)17-8-4-2-5-9-17)19(22)15-23-12-13-24-18-10-6-3-7-11-18/h2-11,16,20H,12-15H2,1H3/t16-,20-/m0/s1. The first kappa shape index (κ1) is 16.5. The number of hydrogen-bond acceptors (Lipinski definition) is 3. The maximum Gasteiger partial charge on any atom is 0.249 e. The fraction of sp³-hybridized carbons (Fsp3) is 0.350. The lowest BCUT2D eigenvalue weighted by Crippen LogP contribution is -2.52. The van der Waals surface area contributed by atoms with Crippen molar-refractivity contribution in [1.82, 2.24) is 4.90 Å². The molecule has 0 aliphatic carbocycles. The second kappa shape index (κ2) is 7.97. The zero-order valence-electron chi connectivity index (χ0n) is 13.9. The summed E-state index contributed by atoms with van der Waals surface area (Å²) < 4.78 is 11.0. The minimum atomic E-state index is 0.0432. The van der Waals surface area contributed by atoms with Gasteiger partial charge in [0.05, 0.1) is 12.6 Å². The summed E-state index contributed by atoms with van der Waals surface area (Å²) in [7, 11) is 0. The molecule has 4 nitrogen and oxygen atoms in total. The molecule has 1 aliphatic rings. The van der Waals surface area contributed by atoms with Crippen molar-refractivity contribution in [2.24, 2.45) is 5.92 Å². The maximum absolute atomic E-state index is 12.3. The fourth-order valence-electron chi connectivity index (χ4n) is 3.09. The predicted molar refractivity (Wildman–Crippen MR) is 92.8 cm³/mol. The summed E-state index contributed by atoms with van der Waals surface area (Å²) in [5.41, 5.74) is 1.19. The van der Waals surface area contributed by atoms with Crippen molar-refractivity contribution in [3.8, 4) is 5.75 Å². The Morgan fingerprint density at radius 3 is 2.38 bits per heavy atom. The monoisotopic (exact) mass is 325 g/mol. The summed E-state index contributed by atoms with van der Waals surface area (Å²) >= 11 is 0. The highest BCUT2D eigenvalue weighted by molar-refractivity contribution is 5.79. The van der Waals surface area contributed by atoms with Crippen LogP contribution in [0.1, 0.15) is 18.5 Å². The van der Waals surface area contributed by atoms with E-state index in [-0.39, 0.29) is 18.6 Å². The van der Waals surface area contributed by atoms with Gasteiger partial charge in [-0.1, -0.05) is 55.5 Å². The van der Waals surface area contributed by atoms with E-state index in [9.17, 15) is 4.79 Å². The number of nitrogens with zero attached hydrogens (tertiary/aromatic N) is 1. The average molecular weight is 325 g/mol. The van der Waals surface area contributed by atoms with Crippen LogP contribution in [0.5, 0.6) is 5.75 Å². The van der Waals surface area contributed by atoms with Crippen molar-refractivity contribution < 1.29 is 14.3 Å². The van der Waals surface area contributed by atoms with Gasteiger partial charge in [0, 0.05) is 6.54 Å². The second-order valence-corrected chi connectivity index (χ2v) is 6.09. The van der Waals surface area contributed by atoms with Crippen LogP contribution in [0.4, 0.5) is 0 Å². The third-order valence-corrected chi connectivity index (χ3v) is 4.29. The zero-order chi connectivity index (χ0) is 16.8. The van der Waals surface area contributed by atoms with E-state index in [1.165, 1.54) is 5.56 Å². The number of carbonyl (C=O) groups is 1. The van der Waals surface area contributed by atoms with Crippen molar-refractivity contribution >= 4 is 5.91 Å². The molecule has 0 radical (unpaired) electrons. The number of amides is 1. The number of para-hydroxylation sites is 1. The van der Waals surface area contributed by atoms with Gasteiger partial charge in [0.2, 0.25) is 5.91 Å². The summed E-state index contributed by atoms with van der Waals surface area (Å²) in [5.74, 6) is 1.34. The van der Waals surface area contributed by atoms with Gasteiger partial charge in [-0.05, 0) is 23.6 Å². The molecule has 1 amide bonds. The van der Waals surface area contributed by atoms with E-state index in [1.807, 2.05) is 53.4 Å². The Bertz CT molecular complexity index is 644. The third kappa shape index (κ3) is 3.95. The summed E-state index contributed by atoms with van der Waals surface area (Å²) in [6.45, 7) is 3.92. The molecule has 0 bridgehead atoms. The van der Waals surface area contributed by atoms with Gasteiger partial charge in [-0.3, -0.25) is 4.79 Å². The topological polar surface area (TPSA) is 38.8 Å². The fourth-order valence-corrected chi connectivity index (χ4v) is 3.09. The van der Waals surface area contributed by atoms with E-state index >= 15 is 0 Å². The molecule has 1 aliphatic heterocycles. The lowest BCUT2D eigenvalue weighted by Gasteiger charge is -2.47. The molecule has 24 heavy (non-hydrogen) atoms. The maximum atomic E-state index is 12.3. The first-order valence-corrected chi connectivity index (χ1v) is 8.35. The highest BCUT2D eigenvalue weighted by Gasteiger charge is 2.39. The Kier molecular flexibility index (Phi) is 5.49. The second-order valence-electron chi connectivity index (χ2n) is 6.09.